The van der Waals surface area contributed by atoms with Gasteiger partial charge in [0.1, 0.15) is 12.2 Å². The fraction of sp³-hybridized carbons (Fsp3) is 0.462. The summed E-state index contributed by atoms with van der Waals surface area (Å²) in [6.45, 7) is 3.70. The highest BCUT2D eigenvalue weighted by Gasteiger charge is 2.13. The number of carbonyl (C=O) groups excluding carboxylic acids is 2. The first-order valence-corrected chi connectivity index (χ1v) is 6.43. The van der Waals surface area contributed by atoms with Crippen LogP contribution in [0.25, 0.3) is 0 Å². The van der Waals surface area contributed by atoms with Crippen molar-refractivity contribution in [2.24, 2.45) is 11.3 Å². The Kier molecular flexibility index (Phi) is 6.79. The van der Waals surface area contributed by atoms with Crippen molar-refractivity contribution in [3.63, 3.8) is 0 Å². The van der Waals surface area contributed by atoms with Crippen LogP contribution in [0.2, 0.25) is 0 Å². The molecule has 0 saturated carbocycles. The number of carbonyl (C=O) groups is 2. The number of nitrogens with zero attached hydrogens (tertiary/aromatic N) is 2. The Morgan fingerprint density at radius 2 is 2.19 bits per heavy atom. The molecule has 1 heterocycles. The Bertz CT molecular complexity index is 504. The number of nitrogens with one attached hydrogen (secondary N) is 1. The highest BCUT2D eigenvalue weighted by Crippen LogP contribution is 1.97. The van der Waals surface area contributed by atoms with E-state index in [1.54, 1.807) is 42.9 Å². The second-order valence-corrected chi connectivity index (χ2v) is 4.52. The minimum Gasteiger partial charge on any atom is -0.405 e. The zero-order valence-corrected chi connectivity index (χ0v) is 11.9. The molecule has 1 aromatic rings. The predicted octanol–water partition coefficient (Wildman–Crippen LogP) is 0.559. The molecule has 0 spiro atoms. The second-order valence-electron chi connectivity index (χ2n) is 4.52. The number of esters is 1. The molecule has 1 N–H and O–H groups in total. The summed E-state index contributed by atoms with van der Waals surface area (Å²) in [6, 6.07) is 3.29. The van der Waals surface area contributed by atoms with E-state index in [0.29, 0.717) is 5.56 Å². The molecule has 1 amide bonds. The SMILES string of the molecule is CC(C)C(=O)OC[n+]1cccc(C(=O)NCCON=O)c1. The van der Waals surface area contributed by atoms with E-state index in [-0.39, 0.29) is 37.7 Å². The zero-order chi connectivity index (χ0) is 15.7. The highest BCUT2D eigenvalue weighted by atomic mass is 16.7. The van der Waals surface area contributed by atoms with Crippen LogP contribution < -0.4 is 9.88 Å². The van der Waals surface area contributed by atoms with Gasteiger partial charge in [-0.1, -0.05) is 13.8 Å². The average molecular weight is 296 g/mol. The van der Waals surface area contributed by atoms with Gasteiger partial charge in [0.05, 0.1) is 12.5 Å². The molecule has 21 heavy (non-hydrogen) atoms. The van der Waals surface area contributed by atoms with Crippen molar-refractivity contribution in [3.05, 3.63) is 35.0 Å². The maximum absolute atomic E-state index is 11.8. The molecule has 0 saturated heterocycles. The largest absolute Gasteiger partial charge is 0.405 e. The number of ether oxygens (including phenoxy) is 1. The van der Waals surface area contributed by atoms with Gasteiger partial charge in [0.25, 0.3) is 12.6 Å². The molecule has 1 rings (SSSR count). The first-order valence-electron chi connectivity index (χ1n) is 6.43. The van der Waals surface area contributed by atoms with Crippen molar-refractivity contribution < 1.29 is 23.7 Å². The molecule has 0 fully saturated rings. The lowest BCUT2D eigenvalue weighted by molar-refractivity contribution is -0.727. The summed E-state index contributed by atoms with van der Waals surface area (Å²) < 4.78 is 6.64. The van der Waals surface area contributed by atoms with E-state index in [4.69, 9.17) is 4.74 Å². The molecule has 0 unspecified atom stereocenters. The summed E-state index contributed by atoms with van der Waals surface area (Å²) >= 11 is 0. The van der Waals surface area contributed by atoms with Gasteiger partial charge in [-0.2, -0.15) is 4.57 Å². The maximum atomic E-state index is 11.8. The number of amides is 1. The molecule has 0 bridgehead atoms. The van der Waals surface area contributed by atoms with Crippen LogP contribution in [-0.2, 0) is 21.1 Å². The summed E-state index contributed by atoms with van der Waals surface area (Å²) in [5.74, 6) is -0.839. The number of aromatic nitrogens is 1. The van der Waals surface area contributed by atoms with E-state index >= 15 is 0 Å². The number of hydrogen-bond donors (Lipinski definition) is 1. The van der Waals surface area contributed by atoms with Gasteiger partial charge >= 0.3 is 5.97 Å². The summed E-state index contributed by atoms with van der Waals surface area (Å²) in [5, 5.41) is 4.78. The van der Waals surface area contributed by atoms with Crippen molar-refractivity contribution in [2.75, 3.05) is 13.2 Å². The first-order chi connectivity index (χ1) is 10.0. The zero-order valence-electron chi connectivity index (χ0n) is 11.9. The van der Waals surface area contributed by atoms with Gasteiger partial charge in [0.2, 0.25) is 0 Å². The van der Waals surface area contributed by atoms with E-state index in [2.05, 4.69) is 15.5 Å². The second kappa shape index (κ2) is 8.62. The van der Waals surface area contributed by atoms with Gasteiger partial charge in [-0.3, -0.25) is 9.59 Å². The van der Waals surface area contributed by atoms with Crippen molar-refractivity contribution >= 4 is 11.9 Å². The van der Waals surface area contributed by atoms with Crippen LogP contribution >= 0.6 is 0 Å². The molecule has 114 valence electrons. The standard InChI is InChI=1S/C13H17N3O5/c1-10(2)13(18)20-9-16-6-3-4-11(8-16)12(17)14-5-7-21-15-19/h3-4,6,8,10H,5,7,9H2,1-2H3/p+1. The fourth-order valence-electron chi connectivity index (χ4n) is 1.39. The van der Waals surface area contributed by atoms with Crippen LogP contribution in [-0.4, -0.2) is 25.0 Å². The van der Waals surface area contributed by atoms with E-state index in [1.807, 2.05) is 0 Å². The molecular weight excluding hydrogens is 278 g/mol. The lowest BCUT2D eigenvalue weighted by atomic mass is 10.2. The molecule has 8 nitrogen and oxygen atoms in total. The topological polar surface area (TPSA) is 97.9 Å². The molecule has 0 aliphatic rings. The Morgan fingerprint density at radius 3 is 2.86 bits per heavy atom. The summed E-state index contributed by atoms with van der Waals surface area (Å²) in [7, 11) is 0. The third kappa shape index (κ3) is 5.98. The minimum absolute atomic E-state index is 0.00801. The lowest BCUT2D eigenvalue weighted by Gasteiger charge is -2.05. The molecule has 0 aliphatic carbocycles. The molecular formula is C13H18N3O5+. The van der Waals surface area contributed by atoms with Crippen LogP contribution in [0.1, 0.15) is 24.2 Å². The third-order valence-electron chi connectivity index (χ3n) is 2.48. The molecule has 1 aromatic heterocycles. The van der Waals surface area contributed by atoms with Crippen LogP contribution in [0.5, 0.6) is 0 Å². The molecule has 8 heteroatoms. The van der Waals surface area contributed by atoms with E-state index in [0.717, 1.165) is 0 Å². The first kappa shape index (κ1) is 16.5. The van der Waals surface area contributed by atoms with Crippen molar-refractivity contribution in [1.29, 1.82) is 0 Å². The van der Waals surface area contributed by atoms with E-state index < -0.39 is 0 Å². The van der Waals surface area contributed by atoms with Crippen LogP contribution in [0.4, 0.5) is 0 Å². The van der Waals surface area contributed by atoms with Crippen LogP contribution in [0.3, 0.4) is 0 Å². The predicted molar refractivity (Wildman–Crippen MR) is 71.6 cm³/mol. The molecule has 0 radical (unpaired) electrons. The summed E-state index contributed by atoms with van der Waals surface area (Å²) in [6.07, 6.45) is 3.24. The van der Waals surface area contributed by atoms with Crippen LogP contribution in [0, 0.1) is 10.8 Å². The maximum Gasteiger partial charge on any atom is 0.313 e. The lowest BCUT2D eigenvalue weighted by Crippen LogP contribution is -2.38. The average Bonchev–Trinajstić information content (AvgIpc) is 2.49. The Morgan fingerprint density at radius 1 is 1.43 bits per heavy atom. The monoisotopic (exact) mass is 296 g/mol. The van der Waals surface area contributed by atoms with Crippen molar-refractivity contribution in [1.82, 2.24) is 5.32 Å². The summed E-state index contributed by atoms with van der Waals surface area (Å²) in [4.78, 5) is 37.1. The molecule has 0 atom stereocenters. The minimum atomic E-state index is -0.325. The van der Waals surface area contributed by atoms with Gasteiger partial charge in [-0.05, 0) is 6.07 Å². The van der Waals surface area contributed by atoms with Crippen molar-refractivity contribution in [3.8, 4) is 0 Å². The normalized spacial score (nSPS) is 10.0. The van der Waals surface area contributed by atoms with Gasteiger partial charge in [0, 0.05) is 6.07 Å². The van der Waals surface area contributed by atoms with Crippen LogP contribution in [0.15, 0.2) is 29.9 Å². The third-order valence-corrected chi connectivity index (χ3v) is 2.48. The quantitative estimate of drug-likeness (QED) is 0.248. The Hall–Kier alpha value is -2.51. The van der Waals surface area contributed by atoms with Gasteiger partial charge in [-0.25, -0.2) is 0 Å². The molecule has 0 aliphatic heterocycles. The van der Waals surface area contributed by atoms with E-state index in [1.165, 1.54) is 0 Å². The van der Waals surface area contributed by atoms with Gasteiger partial charge < -0.3 is 14.9 Å². The fourth-order valence-corrected chi connectivity index (χ4v) is 1.39. The Balaban J connectivity index is 2.53. The smallest absolute Gasteiger partial charge is 0.313 e. The number of pyridine rings is 1. The summed E-state index contributed by atoms with van der Waals surface area (Å²) in [5.41, 5.74) is 0.400. The number of rotatable bonds is 8. The number of hydrogen-bond acceptors (Lipinski definition) is 6. The van der Waals surface area contributed by atoms with Crippen molar-refractivity contribution in [2.45, 2.75) is 20.6 Å². The molecule has 0 aromatic carbocycles. The highest BCUT2D eigenvalue weighted by molar-refractivity contribution is 5.93. The van der Waals surface area contributed by atoms with Gasteiger partial charge in [-0.15, -0.1) is 4.91 Å². The Labute approximate surface area is 122 Å². The van der Waals surface area contributed by atoms with Gasteiger partial charge in [0.15, 0.2) is 17.7 Å². The van der Waals surface area contributed by atoms with E-state index in [9.17, 15) is 14.5 Å².